The van der Waals surface area contributed by atoms with E-state index in [1.165, 1.54) is 25.6 Å². The molecule has 2 heterocycles. The highest BCUT2D eigenvalue weighted by Gasteiger charge is 2.21. The molecule has 1 fully saturated rings. The lowest BCUT2D eigenvalue weighted by molar-refractivity contribution is -0.117. The molecule has 1 aliphatic rings. The molecule has 0 unspecified atom stereocenters. The van der Waals surface area contributed by atoms with Crippen LogP contribution in [0.4, 0.5) is 5.69 Å². The van der Waals surface area contributed by atoms with Gasteiger partial charge in [-0.3, -0.25) is 4.79 Å². The molecule has 0 aliphatic heterocycles. The van der Waals surface area contributed by atoms with Gasteiger partial charge in [-0.05, 0) is 36.8 Å². The lowest BCUT2D eigenvalue weighted by Crippen LogP contribution is -2.21. The number of nitrogens with one attached hydrogen (secondary N) is 1. The third-order valence-corrected chi connectivity index (χ3v) is 4.20. The molecule has 6 nitrogen and oxygen atoms in total. The van der Waals surface area contributed by atoms with E-state index in [1.807, 2.05) is 12.1 Å². The fourth-order valence-corrected chi connectivity index (χ4v) is 3.14. The summed E-state index contributed by atoms with van der Waals surface area (Å²) in [4.78, 5) is 20.3. The number of rotatable bonds is 4. The Bertz CT molecular complexity index is 608. The Labute approximate surface area is 130 Å². The Hall–Kier alpha value is -2.24. The van der Waals surface area contributed by atoms with Gasteiger partial charge >= 0.3 is 0 Å². The topological polar surface area (TPSA) is 72.7 Å². The van der Waals surface area contributed by atoms with Gasteiger partial charge in [0.2, 0.25) is 5.91 Å². The number of hydrogen-bond donors (Lipinski definition) is 1. The normalized spacial score (nSPS) is 21.5. The second-order valence-corrected chi connectivity index (χ2v) is 6.14. The molecule has 2 aromatic rings. The molecule has 3 rings (SSSR count). The average molecular weight is 299 g/mol. The minimum absolute atomic E-state index is 0.0782. The summed E-state index contributed by atoms with van der Waals surface area (Å²) < 4.78 is 1.58. The number of aromatic nitrogens is 4. The second-order valence-electron chi connectivity index (χ2n) is 6.14. The minimum Gasteiger partial charge on any atom is -0.325 e. The van der Waals surface area contributed by atoms with Crippen LogP contribution in [0.5, 0.6) is 0 Å². The maximum Gasteiger partial charge on any atom is 0.224 e. The zero-order valence-corrected chi connectivity index (χ0v) is 12.8. The number of pyridine rings is 1. The summed E-state index contributed by atoms with van der Waals surface area (Å²) in [6, 6.07) is 3.65. The van der Waals surface area contributed by atoms with E-state index in [4.69, 9.17) is 0 Å². The molecule has 2 atom stereocenters. The minimum atomic E-state index is 0.0782. The van der Waals surface area contributed by atoms with E-state index in [0.29, 0.717) is 18.2 Å². The van der Waals surface area contributed by atoms with Gasteiger partial charge in [-0.25, -0.2) is 14.6 Å². The summed E-state index contributed by atoms with van der Waals surface area (Å²) in [6.45, 7) is 2.27. The van der Waals surface area contributed by atoms with Crippen LogP contribution in [0, 0.1) is 11.8 Å². The van der Waals surface area contributed by atoms with E-state index in [0.717, 1.165) is 18.0 Å². The first kappa shape index (κ1) is 14.7. The fourth-order valence-electron chi connectivity index (χ4n) is 3.14. The first-order valence-corrected chi connectivity index (χ1v) is 7.81. The monoisotopic (exact) mass is 299 g/mol. The summed E-state index contributed by atoms with van der Waals surface area (Å²) in [5, 5.41) is 6.95. The van der Waals surface area contributed by atoms with Crippen molar-refractivity contribution in [2.45, 2.75) is 39.0 Å². The van der Waals surface area contributed by atoms with Crippen molar-refractivity contribution in [1.29, 1.82) is 0 Å². The summed E-state index contributed by atoms with van der Waals surface area (Å²) in [7, 11) is 0. The van der Waals surface area contributed by atoms with Crippen molar-refractivity contribution in [2.75, 3.05) is 5.32 Å². The molecule has 1 saturated carbocycles. The van der Waals surface area contributed by atoms with Gasteiger partial charge in [-0.1, -0.05) is 19.8 Å². The smallest absolute Gasteiger partial charge is 0.224 e. The van der Waals surface area contributed by atoms with Gasteiger partial charge in [-0.15, -0.1) is 0 Å². The van der Waals surface area contributed by atoms with Crippen LogP contribution in [0.15, 0.2) is 31.0 Å². The molecule has 0 bridgehead atoms. The quantitative estimate of drug-likeness (QED) is 0.942. The van der Waals surface area contributed by atoms with Crippen LogP contribution >= 0.6 is 0 Å². The van der Waals surface area contributed by atoms with Crippen LogP contribution in [0.1, 0.15) is 39.0 Å². The average Bonchev–Trinajstić information content (AvgIpc) is 3.02. The third kappa shape index (κ3) is 3.69. The molecule has 2 aromatic heterocycles. The molecule has 0 spiro atoms. The highest BCUT2D eigenvalue weighted by Crippen LogP contribution is 2.30. The first-order valence-electron chi connectivity index (χ1n) is 7.81. The van der Waals surface area contributed by atoms with Crippen LogP contribution in [0.25, 0.3) is 5.82 Å². The number of anilines is 1. The fraction of sp³-hybridized carbons (Fsp3) is 0.500. The van der Waals surface area contributed by atoms with Gasteiger partial charge in [0.25, 0.3) is 0 Å². The number of hydrogen-bond acceptors (Lipinski definition) is 4. The van der Waals surface area contributed by atoms with Crippen LogP contribution < -0.4 is 5.32 Å². The molecule has 1 N–H and O–H groups in total. The van der Waals surface area contributed by atoms with Gasteiger partial charge in [0.15, 0.2) is 5.82 Å². The highest BCUT2D eigenvalue weighted by molar-refractivity contribution is 5.90. The number of carbonyl (C=O) groups is 1. The van der Waals surface area contributed by atoms with Crippen molar-refractivity contribution < 1.29 is 4.79 Å². The SMILES string of the molecule is C[C@H]1CCC[C@H](CC(=O)Nc2ccc(-n3cncn3)nc2)C1. The van der Waals surface area contributed by atoms with Gasteiger partial charge in [0.1, 0.15) is 12.7 Å². The van der Waals surface area contributed by atoms with Gasteiger partial charge in [0.05, 0.1) is 11.9 Å². The Balaban J connectivity index is 1.55. The van der Waals surface area contributed by atoms with E-state index in [9.17, 15) is 4.79 Å². The van der Waals surface area contributed by atoms with Crippen molar-refractivity contribution in [2.24, 2.45) is 11.8 Å². The Kier molecular flexibility index (Phi) is 4.46. The van der Waals surface area contributed by atoms with Crippen molar-refractivity contribution in [3.8, 4) is 5.82 Å². The molecule has 116 valence electrons. The lowest BCUT2D eigenvalue weighted by atomic mass is 9.81. The molecule has 0 radical (unpaired) electrons. The lowest BCUT2D eigenvalue weighted by Gasteiger charge is -2.26. The summed E-state index contributed by atoms with van der Waals surface area (Å²) >= 11 is 0. The van der Waals surface area contributed by atoms with E-state index in [1.54, 1.807) is 17.2 Å². The van der Waals surface area contributed by atoms with Gasteiger partial charge < -0.3 is 5.32 Å². The maximum atomic E-state index is 12.1. The standard InChI is InChI=1S/C16H21N5O/c1-12-3-2-4-13(7-12)8-16(22)20-14-5-6-15(18-9-14)21-11-17-10-19-21/h5-6,9-13H,2-4,7-8H2,1H3,(H,20,22)/t12-,13-/m0/s1. The van der Waals surface area contributed by atoms with Crippen molar-refractivity contribution in [3.05, 3.63) is 31.0 Å². The van der Waals surface area contributed by atoms with Crippen molar-refractivity contribution in [3.63, 3.8) is 0 Å². The van der Waals surface area contributed by atoms with Crippen LogP contribution in [-0.4, -0.2) is 25.7 Å². The molecule has 0 aromatic carbocycles. The van der Waals surface area contributed by atoms with E-state index in [2.05, 4.69) is 27.3 Å². The Morgan fingerprint density at radius 2 is 2.32 bits per heavy atom. The molecule has 22 heavy (non-hydrogen) atoms. The van der Waals surface area contributed by atoms with E-state index >= 15 is 0 Å². The van der Waals surface area contributed by atoms with Crippen LogP contribution in [-0.2, 0) is 4.79 Å². The zero-order valence-electron chi connectivity index (χ0n) is 12.8. The number of nitrogens with zero attached hydrogens (tertiary/aromatic N) is 4. The third-order valence-electron chi connectivity index (χ3n) is 4.20. The number of carbonyl (C=O) groups excluding carboxylic acids is 1. The van der Waals surface area contributed by atoms with E-state index in [-0.39, 0.29) is 5.91 Å². The Morgan fingerprint density at radius 1 is 1.41 bits per heavy atom. The molecule has 1 amide bonds. The molecular weight excluding hydrogens is 278 g/mol. The summed E-state index contributed by atoms with van der Waals surface area (Å²) in [5.74, 6) is 2.02. The van der Waals surface area contributed by atoms with Crippen molar-refractivity contribution >= 4 is 11.6 Å². The number of amides is 1. The van der Waals surface area contributed by atoms with Gasteiger partial charge in [0, 0.05) is 6.42 Å². The summed E-state index contributed by atoms with van der Waals surface area (Å²) in [6.07, 6.45) is 10.2. The zero-order chi connectivity index (χ0) is 15.4. The predicted molar refractivity (Wildman–Crippen MR) is 83.5 cm³/mol. The molecule has 0 saturated heterocycles. The maximum absolute atomic E-state index is 12.1. The van der Waals surface area contributed by atoms with Crippen molar-refractivity contribution in [1.82, 2.24) is 19.7 Å². The Morgan fingerprint density at radius 3 is 3.00 bits per heavy atom. The summed E-state index contributed by atoms with van der Waals surface area (Å²) in [5.41, 5.74) is 0.720. The van der Waals surface area contributed by atoms with Crippen LogP contribution in [0.3, 0.4) is 0 Å². The van der Waals surface area contributed by atoms with Crippen LogP contribution in [0.2, 0.25) is 0 Å². The highest BCUT2D eigenvalue weighted by atomic mass is 16.1. The van der Waals surface area contributed by atoms with E-state index < -0.39 is 0 Å². The first-order chi connectivity index (χ1) is 10.7. The van der Waals surface area contributed by atoms with Gasteiger partial charge in [-0.2, -0.15) is 5.10 Å². The molecule has 1 aliphatic carbocycles. The predicted octanol–water partition coefficient (Wildman–Crippen LogP) is 2.82. The molecular formula is C16H21N5O. The second kappa shape index (κ2) is 6.68. The molecule has 6 heteroatoms. The largest absolute Gasteiger partial charge is 0.325 e.